The van der Waals surface area contributed by atoms with Gasteiger partial charge in [0, 0.05) is 21.3 Å². The third kappa shape index (κ3) is 3.10. The number of aromatic nitrogens is 4. The number of sulfone groups is 1. The Morgan fingerprint density at radius 3 is 2.72 bits per heavy atom. The zero-order valence-corrected chi connectivity index (χ0v) is 19.3. The van der Waals surface area contributed by atoms with Crippen LogP contribution in [0, 0.1) is 0 Å². The second kappa shape index (κ2) is 7.31. The lowest BCUT2D eigenvalue weighted by Gasteiger charge is -2.41. The van der Waals surface area contributed by atoms with E-state index in [0.29, 0.717) is 55.5 Å². The SMILES string of the molecule is CNc1nc2ccccc2n1-c1nc2c(c(C(C)(C)S(C)(=O)=O)n1)OC[C@@H]1COCCN21.[HH]. The molecular weight excluding hydrogens is 432 g/mol. The summed E-state index contributed by atoms with van der Waals surface area (Å²) < 4.78 is 37.8. The van der Waals surface area contributed by atoms with Gasteiger partial charge in [-0.15, -0.1) is 0 Å². The van der Waals surface area contributed by atoms with Crippen LogP contribution in [0.25, 0.3) is 17.0 Å². The van der Waals surface area contributed by atoms with Crippen LogP contribution in [0.3, 0.4) is 0 Å². The van der Waals surface area contributed by atoms with Crippen molar-refractivity contribution in [3.63, 3.8) is 0 Å². The fraction of sp³-hybridized carbons (Fsp3) is 0.476. The second-order valence-electron chi connectivity index (χ2n) is 8.55. The van der Waals surface area contributed by atoms with Crippen LogP contribution in [0.4, 0.5) is 11.8 Å². The maximum absolute atomic E-state index is 12.8. The third-order valence-electron chi connectivity index (χ3n) is 6.24. The minimum absolute atomic E-state index is 0. The number of ether oxygens (including phenoxy) is 2. The zero-order valence-electron chi connectivity index (χ0n) is 18.5. The molecule has 0 amide bonds. The lowest BCUT2D eigenvalue weighted by atomic mass is 10.1. The van der Waals surface area contributed by atoms with Crippen molar-refractivity contribution in [1.29, 1.82) is 0 Å². The number of hydrogen-bond acceptors (Lipinski definition) is 9. The Bertz CT molecular complexity index is 1310. The number of morpholine rings is 1. The number of imidazole rings is 1. The molecule has 1 aromatic carbocycles. The van der Waals surface area contributed by atoms with Gasteiger partial charge in [0.1, 0.15) is 17.0 Å². The van der Waals surface area contributed by atoms with E-state index in [9.17, 15) is 8.42 Å². The predicted molar refractivity (Wildman–Crippen MR) is 124 cm³/mol. The standard InChI is InChI=1S/C21H26N6O4S.H2/c1-21(2,32(4,28)29)17-16-18(26-9-10-30-11-13(26)12-31-16)25-20(24-17)27-15-8-6-5-7-14(15)23-19(27)22-3;/h5-8,13H,9-12H2,1-4H3,(H,22,23);1H/t13-;/m0./s1. The Kier molecular flexibility index (Phi) is 4.79. The topological polar surface area (TPSA) is 111 Å². The van der Waals surface area contributed by atoms with E-state index >= 15 is 0 Å². The number of fused-ring (bicyclic) bond motifs is 4. The van der Waals surface area contributed by atoms with Crippen LogP contribution < -0.4 is 15.0 Å². The van der Waals surface area contributed by atoms with Crippen LogP contribution in [0.1, 0.15) is 21.0 Å². The fourth-order valence-electron chi connectivity index (χ4n) is 4.09. The molecule has 3 aromatic rings. The van der Waals surface area contributed by atoms with E-state index in [0.717, 1.165) is 11.0 Å². The van der Waals surface area contributed by atoms with E-state index in [2.05, 4.69) is 15.2 Å². The highest BCUT2D eigenvalue weighted by Gasteiger charge is 2.42. The average Bonchev–Trinajstić information content (AvgIpc) is 3.16. The van der Waals surface area contributed by atoms with Gasteiger partial charge < -0.3 is 19.7 Å². The van der Waals surface area contributed by atoms with Gasteiger partial charge in [-0.3, -0.25) is 0 Å². The summed E-state index contributed by atoms with van der Waals surface area (Å²) in [5, 5.41) is 3.10. The Morgan fingerprint density at radius 2 is 1.97 bits per heavy atom. The van der Waals surface area contributed by atoms with Gasteiger partial charge in [0.05, 0.1) is 30.3 Å². The molecule has 1 fully saturated rings. The van der Waals surface area contributed by atoms with Gasteiger partial charge in [-0.05, 0) is 26.0 Å². The van der Waals surface area contributed by atoms with E-state index in [-0.39, 0.29) is 7.47 Å². The molecule has 11 heteroatoms. The molecule has 1 atom stereocenters. The molecule has 172 valence electrons. The minimum Gasteiger partial charge on any atom is -0.486 e. The number of benzene rings is 1. The molecule has 0 saturated carbocycles. The average molecular weight is 461 g/mol. The molecule has 5 rings (SSSR count). The van der Waals surface area contributed by atoms with Crippen LogP contribution in [0.2, 0.25) is 0 Å². The summed E-state index contributed by atoms with van der Waals surface area (Å²) in [7, 11) is -1.74. The number of nitrogens with one attached hydrogen (secondary N) is 1. The molecule has 1 N–H and O–H groups in total. The Hall–Kier alpha value is -2.92. The summed E-state index contributed by atoms with van der Waals surface area (Å²) in [4.78, 5) is 16.4. The van der Waals surface area contributed by atoms with Crippen LogP contribution in [-0.2, 0) is 19.3 Å². The summed E-state index contributed by atoms with van der Waals surface area (Å²) in [6.07, 6.45) is 1.22. The predicted octanol–water partition coefficient (Wildman–Crippen LogP) is 1.98. The molecule has 10 nitrogen and oxygen atoms in total. The van der Waals surface area contributed by atoms with Gasteiger partial charge in [0.2, 0.25) is 11.9 Å². The van der Waals surface area contributed by atoms with E-state index < -0.39 is 14.6 Å². The Morgan fingerprint density at radius 1 is 1.19 bits per heavy atom. The smallest absolute Gasteiger partial charge is 0.239 e. The van der Waals surface area contributed by atoms with Crippen molar-refractivity contribution >= 4 is 32.6 Å². The molecule has 0 bridgehead atoms. The first kappa shape index (κ1) is 21.0. The van der Waals surface area contributed by atoms with Gasteiger partial charge in [-0.25, -0.2) is 23.0 Å². The molecule has 2 aliphatic rings. The summed E-state index contributed by atoms with van der Waals surface area (Å²) in [5.74, 6) is 1.90. The van der Waals surface area contributed by atoms with Gasteiger partial charge in [0.15, 0.2) is 21.4 Å². The monoisotopic (exact) mass is 460 g/mol. The minimum atomic E-state index is -3.52. The number of rotatable bonds is 4. The highest BCUT2D eigenvalue weighted by Crippen LogP contribution is 2.43. The molecule has 1 saturated heterocycles. The fourth-order valence-corrected chi connectivity index (χ4v) is 4.58. The molecule has 0 spiro atoms. The molecular formula is C21H28N6O4S. The van der Waals surface area contributed by atoms with Crippen molar-refractivity contribution in [2.24, 2.45) is 0 Å². The van der Waals surface area contributed by atoms with E-state index in [1.807, 2.05) is 28.8 Å². The molecule has 2 aromatic heterocycles. The van der Waals surface area contributed by atoms with Crippen LogP contribution in [0.15, 0.2) is 24.3 Å². The van der Waals surface area contributed by atoms with Crippen LogP contribution >= 0.6 is 0 Å². The zero-order chi connectivity index (χ0) is 22.7. The van der Waals surface area contributed by atoms with Gasteiger partial charge in [-0.2, -0.15) is 4.98 Å². The molecule has 2 aliphatic heterocycles. The lowest BCUT2D eigenvalue weighted by molar-refractivity contribution is 0.0691. The van der Waals surface area contributed by atoms with Gasteiger partial charge in [0.25, 0.3) is 0 Å². The molecule has 0 radical (unpaired) electrons. The quantitative estimate of drug-likeness (QED) is 0.624. The van der Waals surface area contributed by atoms with Crippen molar-refractivity contribution in [3.05, 3.63) is 30.0 Å². The normalized spacial score (nSPS) is 18.8. The summed E-state index contributed by atoms with van der Waals surface area (Å²) in [6, 6.07) is 7.68. The first-order chi connectivity index (χ1) is 15.2. The van der Waals surface area contributed by atoms with E-state index in [1.165, 1.54) is 6.26 Å². The highest BCUT2D eigenvalue weighted by atomic mass is 32.2. The third-order valence-corrected chi connectivity index (χ3v) is 8.28. The molecule has 4 heterocycles. The van der Waals surface area contributed by atoms with E-state index in [1.54, 1.807) is 20.9 Å². The van der Waals surface area contributed by atoms with Crippen molar-refractivity contribution in [3.8, 4) is 11.7 Å². The summed E-state index contributed by atoms with van der Waals surface area (Å²) in [5.41, 5.74) is 1.93. The van der Waals surface area contributed by atoms with Crippen LogP contribution in [0.5, 0.6) is 5.75 Å². The maximum Gasteiger partial charge on any atom is 0.239 e. The van der Waals surface area contributed by atoms with Crippen molar-refractivity contribution < 1.29 is 19.3 Å². The van der Waals surface area contributed by atoms with Gasteiger partial charge >= 0.3 is 0 Å². The van der Waals surface area contributed by atoms with Gasteiger partial charge in [-0.1, -0.05) is 12.1 Å². The molecule has 0 aliphatic carbocycles. The first-order valence-electron chi connectivity index (χ1n) is 10.5. The number of nitrogens with zero attached hydrogens (tertiary/aromatic N) is 5. The summed E-state index contributed by atoms with van der Waals surface area (Å²) in [6.45, 7) is 5.41. The second-order valence-corrected chi connectivity index (χ2v) is 11.1. The van der Waals surface area contributed by atoms with Crippen molar-refractivity contribution in [2.45, 2.75) is 24.6 Å². The maximum atomic E-state index is 12.8. The number of hydrogen-bond donors (Lipinski definition) is 1. The Balaban J connectivity index is 0.00000259. The lowest BCUT2D eigenvalue weighted by Crippen LogP contribution is -2.52. The van der Waals surface area contributed by atoms with Crippen molar-refractivity contribution in [2.75, 3.05) is 49.9 Å². The van der Waals surface area contributed by atoms with E-state index in [4.69, 9.17) is 19.4 Å². The number of para-hydroxylation sites is 2. The van der Waals surface area contributed by atoms with Crippen LogP contribution in [-0.4, -0.2) is 73.6 Å². The molecule has 32 heavy (non-hydrogen) atoms. The Labute approximate surface area is 188 Å². The first-order valence-corrected chi connectivity index (χ1v) is 12.4. The highest BCUT2D eigenvalue weighted by molar-refractivity contribution is 7.91. The largest absolute Gasteiger partial charge is 0.486 e. The molecule has 0 unspecified atom stereocenters. The van der Waals surface area contributed by atoms with Crippen molar-refractivity contribution in [1.82, 2.24) is 19.5 Å². The summed E-state index contributed by atoms with van der Waals surface area (Å²) >= 11 is 0. The number of anilines is 2.